The molecule has 78 valence electrons. The molecule has 5 heteroatoms. The van der Waals surface area contributed by atoms with Crippen molar-refractivity contribution < 1.29 is 18.3 Å². The molecule has 0 heterocycles. The fourth-order valence-electron chi connectivity index (χ4n) is 1.09. The van der Waals surface area contributed by atoms with Crippen molar-refractivity contribution in [2.45, 2.75) is 12.8 Å². The number of halogens is 4. The molecule has 0 radical (unpaired) electrons. The molecule has 0 saturated carbocycles. The Morgan fingerprint density at radius 2 is 1.86 bits per heavy atom. The molecule has 0 fully saturated rings. The molecule has 1 aromatic rings. The van der Waals surface area contributed by atoms with Gasteiger partial charge in [-0.15, -0.1) is 0 Å². The first-order chi connectivity index (χ1) is 6.57. The lowest BCUT2D eigenvalue weighted by atomic mass is 10.1. The number of benzene rings is 1. The second kappa shape index (κ2) is 4.79. The Kier molecular flexibility index (Phi) is 3.95. The summed E-state index contributed by atoms with van der Waals surface area (Å²) in [5, 5.41) is 8.50. The molecule has 0 atom stereocenters. The molecule has 0 spiro atoms. The zero-order chi connectivity index (χ0) is 10.7. The zero-order valence-electron chi connectivity index (χ0n) is 7.16. The fourth-order valence-corrected chi connectivity index (χ4v) is 1.44. The van der Waals surface area contributed by atoms with Crippen LogP contribution in [0.3, 0.4) is 0 Å². The number of hydrogen-bond acceptors (Lipinski definition) is 1. The maximum Gasteiger partial charge on any atom is 0.146 e. The summed E-state index contributed by atoms with van der Waals surface area (Å²) in [6.07, 6.45) is 0.291. The normalized spacial score (nSPS) is 10.6. The van der Waals surface area contributed by atoms with Crippen LogP contribution < -0.4 is 0 Å². The van der Waals surface area contributed by atoms with E-state index in [-0.39, 0.29) is 29.5 Å². The Morgan fingerprint density at radius 1 is 1.21 bits per heavy atom. The van der Waals surface area contributed by atoms with Crippen LogP contribution in [0.4, 0.5) is 13.2 Å². The van der Waals surface area contributed by atoms with Crippen LogP contribution in [0.25, 0.3) is 0 Å². The highest BCUT2D eigenvalue weighted by Crippen LogP contribution is 2.25. The largest absolute Gasteiger partial charge is 0.396 e. The molecule has 0 aromatic heterocycles. The number of aliphatic hydroxyl groups is 1. The SMILES string of the molecule is OCCCc1c(F)cc(F)c(Br)c1F. The summed E-state index contributed by atoms with van der Waals surface area (Å²) in [6.45, 7) is -0.159. The van der Waals surface area contributed by atoms with E-state index < -0.39 is 17.5 Å². The topological polar surface area (TPSA) is 20.2 Å². The van der Waals surface area contributed by atoms with E-state index in [0.717, 1.165) is 0 Å². The van der Waals surface area contributed by atoms with E-state index in [1.807, 2.05) is 0 Å². The fraction of sp³-hybridized carbons (Fsp3) is 0.333. The van der Waals surface area contributed by atoms with Gasteiger partial charge in [0.2, 0.25) is 0 Å². The molecule has 1 nitrogen and oxygen atoms in total. The maximum absolute atomic E-state index is 13.2. The van der Waals surface area contributed by atoms with Crippen LogP contribution in [0.15, 0.2) is 10.5 Å². The molecule has 0 unspecified atom stereocenters. The van der Waals surface area contributed by atoms with E-state index in [0.29, 0.717) is 6.07 Å². The van der Waals surface area contributed by atoms with Crippen molar-refractivity contribution in [2.75, 3.05) is 6.61 Å². The monoisotopic (exact) mass is 268 g/mol. The van der Waals surface area contributed by atoms with E-state index in [9.17, 15) is 13.2 Å². The Hall–Kier alpha value is -0.550. The van der Waals surface area contributed by atoms with Gasteiger partial charge >= 0.3 is 0 Å². The van der Waals surface area contributed by atoms with E-state index in [1.165, 1.54) is 0 Å². The van der Waals surface area contributed by atoms with E-state index in [1.54, 1.807) is 0 Å². The van der Waals surface area contributed by atoms with Crippen molar-refractivity contribution in [1.82, 2.24) is 0 Å². The van der Waals surface area contributed by atoms with Gasteiger partial charge in [-0.3, -0.25) is 0 Å². The maximum atomic E-state index is 13.2. The van der Waals surface area contributed by atoms with Gasteiger partial charge in [-0.2, -0.15) is 0 Å². The lowest BCUT2D eigenvalue weighted by molar-refractivity contribution is 0.287. The van der Waals surface area contributed by atoms with Gasteiger partial charge in [0, 0.05) is 18.2 Å². The molecular formula is C9H8BrF3O. The highest BCUT2D eigenvalue weighted by Gasteiger charge is 2.16. The van der Waals surface area contributed by atoms with Crippen LogP contribution in [0.1, 0.15) is 12.0 Å². The molecule has 1 rings (SSSR count). The minimum absolute atomic E-state index is 0.0487. The molecule has 0 amide bonds. The van der Waals surface area contributed by atoms with Crippen molar-refractivity contribution in [1.29, 1.82) is 0 Å². The third-order valence-corrected chi connectivity index (χ3v) is 2.52. The van der Waals surface area contributed by atoms with Crippen molar-refractivity contribution in [3.63, 3.8) is 0 Å². The van der Waals surface area contributed by atoms with Gasteiger partial charge in [0.1, 0.15) is 17.5 Å². The van der Waals surface area contributed by atoms with Crippen LogP contribution >= 0.6 is 15.9 Å². The second-order valence-corrected chi connectivity index (χ2v) is 3.57. The first-order valence-electron chi connectivity index (χ1n) is 4.00. The lowest BCUT2D eigenvalue weighted by Gasteiger charge is -2.06. The van der Waals surface area contributed by atoms with Gasteiger partial charge in [0.15, 0.2) is 0 Å². The average molecular weight is 269 g/mol. The first-order valence-corrected chi connectivity index (χ1v) is 4.80. The minimum Gasteiger partial charge on any atom is -0.396 e. The predicted molar refractivity (Wildman–Crippen MR) is 49.4 cm³/mol. The Labute approximate surface area is 87.7 Å². The summed E-state index contributed by atoms with van der Waals surface area (Å²) in [5.74, 6) is -2.82. The van der Waals surface area contributed by atoms with Crippen LogP contribution in [-0.4, -0.2) is 11.7 Å². The first kappa shape index (κ1) is 11.5. The lowest BCUT2D eigenvalue weighted by Crippen LogP contribution is -2.00. The molecule has 0 saturated heterocycles. The van der Waals surface area contributed by atoms with Crippen molar-refractivity contribution in [2.24, 2.45) is 0 Å². The third kappa shape index (κ3) is 2.27. The van der Waals surface area contributed by atoms with Gasteiger partial charge < -0.3 is 5.11 Å². The summed E-state index contributed by atoms with van der Waals surface area (Å²) in [4.78, 5) is 0. The van der Waals surface area contributed by atoms with E-state index >= 15 is 0 Å². The summed E-state index contributed by atoms with van der Waals surface area (Å²) in [5.41, 5.74) is -0.202. The van der Waals surface area contributed by atoms with Gasteiger partial charge in [-0.05, 0) is 28.8 Å². The highest BCUT2D eigenvalue weighted by atomic mass is 79.9. The van der Waals surface area contributed by atoms with E-state index in [2.05, 4.69) is 15.9 Å². The Balaban J connectivity index is 3.09. The van der Waals surface area contributed by atoms with Crippen molar-refractivity contribution in [3.8, 4) is 0 Å². The van der Waals surface area contributed by atoms with Crippen LogP contribution in [0, 0.1) is 17.5 Å². The smallest absolute Gasteiger partial charge is 0.146 e. The summed E-state index contributed by atoms with van der Waals surface area (Å²) < 4.78 is 38.7. The quantitative estimate of drug-likeness (QED) is 0.660. The van der Waals surface area contributed by atoms with Crippen LogP contribution in [-0.2, 0) is 6.42 Å². The van der Waals surface area contributed by atoms with Gasteiger partial charge in [-0.25, -0.2) is 13.2 Å². The molecule has 0 aliphatic heterocycles. The number of aliphatic hydroxyl groups excluding tert-OH is 1. The second-order valence-electron chi connectivity index (χ2n) is 2.77. The standard InChI is InChI=1S/C9H8BrF3O/c10-8-7(12)4-6(11)5(9(8)13)2-1-3-14/h4,14H,1-3H2. The summed E-state index contributed by atoms with van der Waals surface area (Å²) >= 11 is 2.68. The van der Waals surface area contributed by atoms with Crippen LogP contribution in [0.5, 0.6) is 0 Å². The molecular weight excluding hydrogens is 261 g/mol. The Bertz CT molecular complexity index is 341. The number of rotatable bonds is 3. The molecule has 0 aliphatic carbocycles. The van der Waals surface area contributed by atoms with Gasteiger partial charge in [-0.1, -0.05) is 0 Å². The molecule has 1 aromatic carbocycles. The van der Waals surface area contributed by atoms with Crippen LogP contribution in [0.2, 0.25) is 0 Å². The van der Waals surface area contributed by atoms with Gasteiger partial charge in [0.05, 0.1) is 4.47 Å². The Morgan fingerprint density at radius 3 is 2.43 bits per heavy atom. The molecule has 14 heavy (non-hydrogen) atoms. The highest BCUT2D eigenvalue weighted by molar-refractivity contribution is 9.10. The predicted octanol–water partition coefficient (Wildman–Crippen LogP) is 2.79. The molecule has 0 bridgehead atoms. The van der Waals surface area contributed by atoms with E-state index in [4.69, 9.17) is 5.11 Å². The van der Waals surface area contributed by atoms with Gasteiger partial charge in [0.25, 0.3) is 0 Å². The summed E-state index contributed by atoms with van der Waals surface area (Å²) in [6, 6.07) is 0.625. The third-order valence-electron chi connectivity index (χ3n) is 1.79. The average Bonchev–Trinajstić information content (AvgIpc) is 2.14. The van der Waals surface area contributed by atoms with Crippen molar-refractivity contribution >= 4 is 15.9 Å². The minimum atomic E-state index is -0.965. The zero-order valence-corrected chi connectivity index (χ0v) is 8.74. The number of hydrogen-bond donors (Lipinski definition) is 1. The summed E-state index contributed by atoms with van der Waals surface area (Å²) in [7, 11) is 0. The molecule has 1 N–H and O–H groups in total. The molecule has 0 aliphatic rings. The van der Waals surface area contributed by atoms with Crippen molar-refractivity contribution in [3.05, 3.63) is 33.6 Å².